The number of esters is 1. The summed E-state index contributed by atoms with van der Waals surface area (Å²) in [4.78, 5) is 23.4. The van der Waals surface area contributed by atoms with E-state index in [2.05, 4.69) is 15.0 Å². The second-order valence-corrected chi connectivity index (χ2v) is 5.83. The van der Waals surface area contributed by atoms with Crippen molar-refractivity contribution < 1.29 is 22.7 Å². The van der Waals surface area contributed by atoms with E-state index in [1.54, 1.807) is 28.9 Å². The van der Waals surface area contributed by atoms with Crippen LogP contribution in [-0.2, 0) is 16.7 Å². The minimum absolute atomic E-state index is 0.0000671. The Labute approximate surface area is 144 Å². The molecule has 130 valence electrons. The van der Waals surface area contributed by atoms with E-state index in [0.717, 1.165) is 24.0 Å². The van der Waals surface area contributed by atoms with E-state index in [1.165, 1.54) is 7.11 Å². The highest BCUT2D eigenvalue weighted by Crippen LogP contribution is 2.29. The molecule has 3 aromatic rings. The zero-order chi connectivity index (χ0) is 18.0. The van der Waals surface area contributed by atoms with Gasteiger partial charge in [-0.2, -0.15) is 13.2 Å². The zero-order valence-electron chi connectivity index (χ0n) is 12.8. The molecule has 0 N–H and O–H groups in total. The quantitative estimate of drug-likeness (QED) is 0.400. The van der Waals surface area contributed by atoms with Crippen molar-refractivity contribution in [3.63, 3.8) is 0 Å². The number of nitrogens with zero attached hydrogens (tertiary/aromatic N) is 4. The smallest absolute Gasteiger partial charge is 0.433 e. The van der Waals surface area contributed by atoms with Crippen LogP contribution in [0.3, 0.4) is 0 Å². The van der Waals surface area contributed by atoms with E-state index in [0.29, 0.717) is 16.9 Å². The summed E-state index contributed by atoms with van der Waals surface area (Å²) in [5, 5.41) is 0.0000671. The van der Waals surface area contributed by atoms with Crippen LogP contribution in [0.15, 0.2) is 41.9 Å². The predicted octanol–water partition coefficient (Wildman–Crippen LogP) is 3.22. The first kappa shape index (κ1) is 17.2. The van der Waals surface area contributed by atoms with Gasteiger partial charge in [-0.3, -0.25) is 0 Å². The lowest BCUT2D eigenvalue weighted by Crippen LogP contribution is -2.08. The normalized spacial score (nSPS) is 11.7. The number of fused-ring (bicyclic) bond motifs is 1. The minimum Gasteiger partial charge on any atom is -0.465 e. The second kappa shape index (κ2) is 6.71. The molecule has 0 amide bonds. The molecule has 0 aliphatic rings. The van der Waals surface area contributed by atoms with Gasteiger partial charge in [-0.15, -0.1) is 0 Å². The largest absolute Gasteiger partial charge is 0.465 e. The Bertz CT molecular complexity index is 927. The van der Waals surface area contributed by atoms with Gasteiger partial charge in [0.1, 0.15) is 11.3 Å². The molecule has 10 heteroatoms. The van der Waals surface area contributed by atoms with Crippen molar-refractivity contribution in [1.82, 2.24) is 19.4 Å². The van der Waals surface area contributed by atoms with Crippen molar-refractivity contribution in [3.8, 4) is 0 Å². The number of carbonyl (C=O) groups is 1. The van der Waals surface area contributed by atoms with Crippen molar-refractivity contribution in [2.24, 2.45) is 0 Å². The van der Waals surface area contributed by atoms with Crippen LogP contribution in [-0.4, -0.2) is 32.4 Å². The molecule has 0 radical (unpaired) electrons. The summed E-state index contributed by atoms with van der Waals surface area (Å²) < 4.78 is 44.3. The van der Waals surface area contributed by atoms with Crippen molar-refractivity contribution >= 4 is 23.4 Å². The molecule has 3 rings (SSSR count). The van der Waals surface area contributed by atoms with Crippen LogP contribution >= 0.6 is 11.8 Å². The van der Waals surface area contributed by atoms with Crippen LogP contribution in [0.1, 0.15) is 21.7 Å². The number of halogens is 3. The van der Waals surface area contributed by atoms with Gasteiger partial charge in [0.25, 0.3) is 0 Å². The Morgan fingerprint density at radius 3 is 2.84 bits per heavy atom. The second-order valence-electron chi connectivity index (χ2n) is 4.89. The molecule has 6 nitrogen and oxygen atoms in total. The summed E-state index contributed by atoms with van der Waals surface area (Å²) in [6, 6.07) is 4.08. The molecular weight excluding hydrogens is 357 g/mol. The maximum Gasteiger partial charge on any atom is 0.433 e. The summed E-state index contributed by atoms with van der Waals surface area (Å²) in [5.74, 6) is -0.263. The van der Waals surface area contributed by atoms with Crippen LogP contribution in [0.25, 0.3) is 5.65 Å². The molecular formula is C15H11F3N4O2S. The standard InChI is InChI=1S/C15H11F3N4O2S/c1-24-13(23)10-3-2-6-22-7-9(20-12(10)22)8-25-14-19-5-4-11(21-14)15(16,17)18/h2-7H,8H2,1H3. The fourth-order valence-electron chi connectivity index (χ4n) is 2.11. The van der Waals surface area contributed by atoms with Gasteiger partial charge in [-0.1, -0.05) is 11.8 Å². The lowest BCUT2D eigenvalue weighted by Gasteiger charge is -2.05. The van der Waals surface area contributed by atoms with Gasteiger partial charge in [-0.05, 0) is 18.2 Å². The third-order valence-electron chi connectivity index (χ3n) is 3.21. The minimum atomic E-state index is -4.52. The van der Waals surface area contributed by atoms with Gasteiger partial charge in [0, 0.05) is 24.3 Å². The monoisotopic (exact) mass is 368 g/mol. The number of hydrogen-bond donors (Lipinski definition) is 0. The molecule has 0 spiro atoms. The number of imidazole rings is 1. The molecule has 0 aliphatic heterocycles. The Morgan fingerprint density at radius 2 is 2.12 bits per heavy atom. The Kier molecular flexibility index (Phi) is 4.62. The zero-order valence-corrected chi connectivity index (χ0v) is 13.6. The number of rotatable bonds is 4. The summed E-state index contributed by atoms with van der Waals surface area (Å²) in [6.07, 6.45) is -0.0555. The fourth-order valence-corrected chi connectivity index (χ4v) is 2.82. The van der Waals surface area contributed by atoms with Crippen molar-refractivity contribution in [1.29, 1.82) is 0 Å². The van der Waals surface area contributed by atoms with E-state index >= 15 is 0 Å². The van der Waals surface area contributed by atoms with Gasteiger partial charge in [0.05, 0.1) is 12.8 Å². The van der Waals surface area contributed by atoms with Gasteiger partial charge in [0.15, 0.2) is 10.8 Å². The van der Waals surface area contributed by atoms with Crippen LogP contribution < -0.4 is 0 Å². The van der Waals surface area contributed by atoms with E-state index < -0.39 is 17.8 Å². The first-order valence-corrected chi connectivity index (χ1v) is 7.95. The molecule has 0 aromatic carbocycles. The molecule has 0 saturated heterocycles. The average Bonchev–Trinajstić information content (AvgIpc) is 3.01. The summed E-state index contributed by atoms with van der Waals surface area (Å²) in [6.45, 7) is 0. The van der Waals surface area contributed by atoms with Gasteiger partial charge in [0.2, 0.25) is 0 Å². The van der Waals surface area contributed by atoms with Crippen LogP contribution in [0.5, 0.6) is 0 Å². The van der Waals surface area contributed by atoms with E-state index in [-0.39, 0.29) is 10.9 Å². The molecule has 3 heterocycles. The van der Waals surface area contributed by atoms with Crippen LogP contribution in [0.4, 0.5) is 13.2 Å². The molecule has 0 atom stereocenters. The number of hydrogen-bond acceptors (Lipinski definition) is 6. The van der Waals surface area contributed by atoms with E-state index in [4.69, 9.17) is 4.74 Å². The maximum atomic E-state index is 12.7. The SMILES string of the molecule is COC(=O)c1cccn2cc(CSc3nccc(C(F)(F)F)n3)nc12. The molecule has 25 heavy (non-hydrogen) atoms. The van der Waals surface area contributed by atoms with E-state index in [1.807, 2.05) is 0 Å². The van der Waals surface area contributed by atoms with Gasteiger partial charge >= 0.3 is 12.1 Å². The topological polar surface area (TPSA) is 69.4 Å². The highest BCUT2D eigenvalue weighted by atomic mass is 32.2. The highest BCUT2D eigenvalue weighted by molar-refractivity contribution is 7.98. The summed E-state index contributed by atoms with van der Waals surface area (Å²) >= 11 is 1.02. The first-order valence-electron chi connectivity index (χ1n) is 6.96. The van der Waals surface area contributed by atoms with Crippen molar-refractivity contribution in [2.45, 2.75) is 17.1 Å². The highest BCUT2D eigenvalue weighted by Gasteiger charge is 2.32. The Morgan fingerprint density at radius 1 is 1.32 bits per heavy atom. The molecule has 0 aliphatic carbocycles. The number of carbonyl (C=O) groups excluding carboxylic acids is 1. The molecule has 0 saturated carbocycles. The number of thioether (sulfide) groups is 1. The van der Waals surface area contributed by atoms with Crippen molar-refractivity contribution in [2.75, 3.05) is 7.11 Å². The maximum absolute atomic E-state index is 12.7. The number of methoxy groups -OCH3 is 1. The van der Waals surface area contributed by atoms with E-state index in [9.17, 15) is 18.0 Å². The molecule has 0 fully saturated rings. The Balaban J connectivity index is 1.81. The Hall–Kier alpha value is -2.62. The van der Waals surface area contributed by atoms with Gasteiger partial charge < -0.3 is 9.14 Å². The summed E-state index contributed by atoms with van der Waals surface area (Å²) in [5.41, 5.74) is 0.293. The average molecular weight is 368 g/mol. The molecule has 3 aromatic heterocycles. The number of pyridine rings is 1. The lowest BCUT2D eigenvalue weighted by molar-refractivity contribution is -0.141. The lowest BCUT2D eigenvalue weighted by atomic mass is 10.3. The summed E-state index contributed by atoms with van der Waals surface area (Å²) in [7, 11) is 1.27. The predicted molar refractivity (Wildman–Crippen MR) is 83.1 cm³/mol. The molecule has 0 unspecified atom stereocenters. The third kappa shape index (κ3) is 3.73. The number of alkyl halides is 3. The number of aromatic nitrogens is 4. The van der Waals surface area contributed by atoms with Crippen molar-refractivity contribution in [3.05, 3.63) is 53.7 Å². The first-order chi connectivity index (χ1) is 11.9. The number of ether oxygens (including phenoxy) is 1. The van der Waals surface area contributed by atoms with Gasteiger partial charge in [-0.25, -0.2) is 19.7 Å². The van der Waals surface area contributed by atoms with Crippen LogP contribution in [0, 0.1) is 0 Å². The molecule has 0 bridgehead atoms. The third-order valence-corrected chi connectivity index (χ3v) is 4.11. The van der Waals surface area contributed by atoms with Crippen LogP contribution in [0.2, 0.25) is 0 Å². The fraction of sp³-hybridized carbons (Fsp3) is 0.200.